The summed E-state index contributed by atoms with van der Waals surface area (Å²) in [5.41, 5.74) is 2.67. The summed E-state index contributed by atoms with van der Waals surface area (Å²) in [6.45, 7) is 7.34. The second-order valence-electron chi connectivity index (χ2n) is 7.95. The van der Waals surface area contributed by atoms with Gasteiger partial charge in [-0.05, 0) is 48.9 Å². The summed E-state index contributed by atoms with van der Waals surface area (Å²) < 4.78 is 0. The molecule has 1 N–H and O–H groups in total. The largest absolute Gasteiger partial charge is 0.358 e. The lowest BCUT2D eigenvalue weighted by molar-refractivity contribution is 0.0844. The number of nitrogens with one attached hydrogen (secondary N) is 1. The smallest absolute Gasteiger partial charge is 0.176 e. The second kappa shape index (κ2) is 8.72. The monoisotopic (exact) mass is 388 g/mol. The van der Waals surface area contributed by atoms with Gasteiger partial charge >= 0.3 is 0 Å². The number of nitrogens with zero attached hydrogens (tertiary/aromatic N) is 3. The Bertz CT molecular complexity index is 869. The molecule has 0 radical (unpaired) electrons. The zero-order valence-electron chi connectivity index (χ0n) is 16.9. The fourth-order valence-corrected chi connectivity index (χ4v) is 3.82. The fraction of sp³-hybridized carbons (Fsp3) is 0.333. The van der Waals surface area contributed by atoms with Crippen LogP contribution >= 0.6 is 0 Å². The van der Waals surface area contributed by atoms with Crippen molar-refractivity contribution in [3.05, 3.63) is 77.9 Å². The van der Waals surface area contributed by atoms with Crippen LogP contribution in [0.4, 0.5) is 5.69 Å². The number of rotatable bonds is 7. The van der Waals surface area contributed by atoms with E-state index in [1.807, 2.05) is 43.3 Å². The first-order valence-corrected chi connectivity index (χ1v) is 10.2. The zero-order valence-corrected chi connectivity index (χ0v) is 16.9. The normalized spacial score (nSPS) is 22.1. The average Bonchev–Trinajstić information content (AvgIpc) is 3.17. The third kappa shape index (κ3) is 5.19. The van der Waals surface area contributed by atoms with Crippen molar-refractivity contribution in [2.45, 2.75) is 19.1 Å². The first-order chi connectivity index (χ1) is 14.1. The van der Waals surface area contributed by atoms with Gasteiger partial charge in [0.05, 0.1) is 6.54 Å². The number of anilines is 1. The number of Topliss-reactive ketones (excluding diaryl/α,β-unsaturated/α-hetero) is 1. The van der Waals surface area contributed by atoms with Crippen molar-refractivity contribution in [1.29, 1.82) is 0 Å². The van der Waals surface area contributed by atoms with Crippen LogP contribution in [-0.4, -0.2) is 60.2 Å². The first kappa shape index (κ1) is 19.6. The van der Waals surface area contributed by atoms with Crippen LogP contribution in [0.1, 0.15) is 22.8 Å². The summed E-state index contributed by atoms with van der Waals surface area (Å²) in [5, 5.41) is 3.38. The van der Waals surface area contributed by atoms with Crippen LogP contribution < -0.4 is 5.32 Å². The molecule has 2 aromatic rings. The number of hydrogen-bond acceptors (Lipinski definition) is 5. The molecule has 2 aliphatic rings. The van der Waals surface area contributed by atoms with Crippen molar-refractivity contribution in [1.82, 2.24) is 9.80 Å². The van der Waals surface area contributed by atoms with E-state index in [1.54, 1.807) is 6.21 Å². The Kier molecular flexibility index (Phi) is 5.88. The maximum absolute atomic E-state index is 12.7. The molecule has 1 fully saturated rings. The highest BCUT2D eigenvalue weighted by atomic mass is 16.1. The molecular formula is C24H28N4O. The van der Waals surface area contributed by atoms with E-state index in [-0.39, 0.29) is 5.78 Å². The second-order valence-corrected chi connectivity index (χ2v) is 7.95. The molecule has 1 unspecified atom stereocenters. The Balaban J connectivity index is 1.25. The van der Waals surface area contributed by atoms with E-state index in [0.717, 1.165) is 44.0 Å². The minimum absolute atomic E-state index is 0.179. The van der Waals surface area contributed by atoms with Crippen LogP contribution in [0, 0.1) is 0 Å². The predicted octanol–water partition coefficient (Wildman–Crippen LogP) is 3.46. The van der Waals surface area contributed by atoms with E-state index < -0.39 is 5.66 Å². The molecule has 0 aliphatic carbocycles. The number of allylic oxidation sites excluding steroid dienone is 1. The molecule has 0 spiro atoms. The van der Waals surface area contributed by atoms with Crippen molar-refractivity contribution < 1.29 is 4.79 Å². The Morgan fingerprint density at radius 3 is 2.34 bits per heavy atom. The number of aliphatic imine (C=N–C) groups is 1. The summed E-state index contributed by atoms with van der Waals surface area (Å²) in [6, 6.07) is 18.3. The standard InChI is InChI=1S/C24H28N4O/c1-24(12-5-13-25-24)26-22-10-8-21(9-11-22)23(29)19-28-16-14-27(15-17-28)18-20-6-3-2-4-7-20/h2-13,26H,14-19H2,1H3. The Morgan fingerprint density at radius 1 is 1.00 bits per heavy atom. The lowest BCUT2D eigenvalue weighted by Gasteiger charge is -2.34. The SMILES string of the molecule is CC1(Nc2ccc(C(=O)CN3CCN(Cc4ccccc4)CC3)cc2)C=CC=N1. The summed E-state index contributed by atoms with van der Waals surface area (Å²) in [6.07, 6.45) is 5.75. The third-order valence-corrected chi connectivity index (χ3v) is 5.53. The molecule has 0 aromatic heterocycles. The summed E-state index contributed by atoms with van der Waals surface area (Å²) in [4.78, 5) is 21.8. The van der Waals surface area contributed by atoms with Crippen molar-refractivity contribution in [3.8, 4) is 0 Å². The average molecular weight is 389 g/mol. The lowest BCUT2D eigenvalue weighted by Crippen LogP contribution is -2.47. The van der Waals surface area contributed by atoms with Crippen LogP contribution in [0.25, 0.3) is 0 Å². The van der Waals surface area contributed by atoms with E-state index in [9.17, 15) is 4.79 Å². The van der Waals surface area contributed by atoms with Crippen molar-refractivity contribution in [2.75, 3.05) is 38.0 Å². The molecule has 2 aliphatic heterocycles. The van der Waals surface area contributed by atoms with Crippen LogP contribution in [0.5, 0.6) is 0 Å². The van der Waals surface area contributed by atoms with Gasteiger partial charge in [0.1, 0.15) is 5.66 Å². The van der Waals surface area contributed by atoms with Crippen molar-refractivity contribution in [2.24, 2.45) is 4.99 Å². The van der Waals surface area contributed by atoms with Gasteiger partial charge < -0.3 is 5.32 Å². The molecule has 0 amide bonds. The van der Waals surface area contributed by atoms with Gasteiger partial charge in [-0.3, -0.25) is 19.6 Å². The molecule has 5 heteroatoms. The first-order valence-electron chi connectivity index (χ1n) is 10.2. The molecule has 5 nitrogen and oxygen atoms in total. The van der Waals surface area contributed by atoms with Gasteiger partial charge in [-0.1, -0.05) is 30.3 Å². The molecule has 0 saturated carbocycles. The predicted molar refractivity (Wildman–Crippen MR) is 119 cm³/mol. The molecule has 4 rings (SSSR count). The maximum Gasteiger partial charge on any atom is 0.176 e. The Labute approximate surface area is 172 Å². The molecule has 150 valence electrons. The van der Waals surface area contributed by atoms with Gasteiger partial charge in [0.2, 0.25) is 0 Å². The van der Waals surface area contributed by atoms with E-state index >= 15 is 0 Å². The van der Waals surface area contributed by atoms with Crippen LogP contribution in [0.15, 0.2) is 71.7 Å². The zero-order chi connectivity index (χ0) is 20.1. The van der Waals surface area contributed by atoms with Crippen molar-refractivity contribution >= 4 is 17.7 Å². The highest BCUT2D eigenvalue weighted by Gasteiger charge is 2.22. The molecule has 2 heterocycles. The summed E-state index contributed by atoms with van der Waals surface area (Å²) in [7, 11) is 0. The number of piperazine rings is 1. The number of carbonyl (C=O) groups excluding carboxylic acids is 1. The van der Waals surface area contributed by atoms with E-state index in [0.29, 0.717) is 6.54 Å². The fourth-order valence-electron chi connectivity index (χ4n) is 3.82. The highest BCUT2D eigenvalue weighted by molar-refractivity contribution is 5.97. The van der Waals surface area contributed by atoms with Crippen molar-refractivity contribution in [3.63, 3.8) is 0 Å². The van der Waals surface area contributed by atoms with E-state index in [1.165, 1.54) is 5.56 Å². The summed E-state index contributed by atoms with van der Waals surface area (Å²) >= 11 is 0. The number of hydrogen-bond donors (Lipinski definition) is 1. The van der Waals surface area contributed by atoms with Crippen LogP contribution in [0.2, 0.25) is 0 Å². The Morgan fingerprint density at radius 2 is 1.69 bits per heavy atom. The molecule has 0 bridgehead atoms. The molecule has 2 aromatic carbocycles. The lowest BCUT2D eigenvalue weighted by atomic mass is 10.1. The quantitative estimate of drug-likeness (QED) is 0.738. The van der Waals surface area contributed by atoms with Crippen LogP contribution in [0.3, 0.4) is 0 Å². The minimum Gasteiger partial charge on any atom is -0.358 e. The van der Waals surface area contributed by atoms with Gasteiger partial charge in [-0.25, -0.2) is 0 Å². The van der Waals surface area contributed by atoms with E-state index in [4.69, 9.17) is 0 Å². The third-order valence-electron chi connectivity index (χ3n) is 5.53. The van der Waals surface area contributed by atoms with Gasteiger partial charge in [0, 0.05) is 50.2 Å². The van der Waals surface area contributed by atoms with Crippen LogP contribution in [-0.2, 0) is 6.54 Å². The van der Waals surface area contributed by atoms with Gasteiger partial charge in [0.25, 0.3) is 0 Å². The maximum atomic E-state index is 12.7. The number of benzene rings is 2. The Hall–Kier alpha value is -2.76. The molecule has 1 atom stereocenters. The minimum atomic E-state index is -0.398. The topological polar surface area (TPSA) is 47.9 Å². The molecule has 1 saturated heterocycles. The summed E-state index contributed by atoms with van der Waals surface area (Å²) in [5.74, 6) is 0.179. The highest BCUT2D eigenvalue weighted by Crippen LogP contribution is 2.21. The molecular weight excluding hydrogens is 360 g/mol. The molecule has 29 heavy (non-hydrogen) atoms. The number of carbonyl (C=O) groups is 1. The number of ketones is 1. The van der Waals surface area contributed by atoms with Gasteiger partial charge in [-0.15, -0.1) is 0 Å². The van der Waals surface area contributed by atoms with Gasteiger partial charge in [-0.2, -0.15) is 0 Å². The van der Waals surface area contributed by atoms with Gasteiger partial charge in [0.15, 0.2) is 5.78 Å². The van der Waals surface area contributed by atoms with E-state index in [2.05, 4.69) is 50.4 Å².